The molecule has 3 N–H and O–H groups in total. The van der Waals surface area contributed by atoms with E-state index in [1.165, 1.54) is 494 Å². The number of amides is 1. The van der Waals surface area contributed by atoms with E-state index in [-0.39, 0.29) is 18.5 Å². The number of hydrogen-bond acceptors (Lipinski definition) is 5. The molecule has 0 saturated carbocycles. The number of rotatable bonds is 91. The lowest BCUT2D eigenvalue weighted by atomic mass is 10.0. The van der Waals surface area contributed by atoms with E-state index in [2.05, 4.69) is 19.2 Å². The van der Waals surface area contributed by atoms with E-state index >= 15 is 0 Å². The molecule has 0 rings (SSSR count). The van der Waals surface area contributed by atoms with E-state index < -0.39 is 12.1 Å². The first-order valence-corrected chi connectivity index (χ1v) is 47.3. The number of aliphatic hydroxyl groups excluding tert-OH is 2. The Hall–Kier alpha value is -1.14. The molecule has 0 aromatic carbocycles. The summed E-state index contributed by atoms with van der Waals surface area (Å²) in [6.45, 7) is 5.04. The molecule has 2 atom stereocenters. The van der Waals surface area contributed by atoms with Gasteiger partial charge >= 0.3 is 5.97 Å². The van der Waals surface area contributed by atoms with Crippen LogP contribution in [0, 0.1) is 0 Å². The fourth-order valence-corrected chi connectivity index (χ4v) is 15.8. The van der Waals surface area contributed by atoms with E-state index in [1.807, 2.05) is 0 Å². The molecule has 0 radical (unpaired) electrons. The summed E-state index contributed by atoms with van der Waals surface area (Å²) < 4.78 is 5.53. The van der Waals surface area contributed by atoms with Crippen molar-refractivity contribution in [3.63, 3.8) is 0 Å². The van der Waals surface area contributed by atoms with Crippen LogP contribution in [0.5, 0.6) is 0 Å². The summed E-state index contributed by atoms with van der Waals surface area (Å²) in [5.74, 6) is 0.00952. The topological polar surface area (TPSA) is 95.9 Å². The van der Waals surface area contributed by atoms with Crippen LogP contribution in [0.2, 0.25) is 0 Å². The Labute approximate surface area is 629 Å². The quantitative estimate of drug-likeness (QED) is 0.0417. The number of carbonyl (C=O) groups is 2. The molecule has 0 heterocycles. The molecular weight excluding hydrogens is 1220 g/mol. The predicted molar refractivity (Wildman–Crippen MR) is 444 cm³/mol. The van der Waals surface area contributed by atoms with Crippen LogP contribution in [0.3, 0.4) is 0 Å². The number of unbranched alkanes of at least 4 members (excludes halogenated alkanes) is 80. The van der Waals surface area contributed by atoms with Crippen molar-refractivity contribution in [2.45, 2.75) is 578 Å². The van der Waals surface area contributed by atoms with E-state index in [0.717, 1.165) is 38.5 Å². The van der Waals surface area contributed by atoms with Crippen molar-refractivity contribution < 1.29 is 24.5 Å². The van der Waals surface area contributed by atoms with Gasteiger partial charge < -0.3 is 20.3 Å². The molecule has 6 heteroatoms. The molecule has 0 spiro atoms. The zero-order valence-electron chi connectivity index (χ0n) is 69.0. The third-order valence-electron chi connectivity index (χ3n) is 22.9. The Morgan fingerprint density at radius 2 is 0.410 bits per heavy atom. The summed E-state index contributed by atoms with van der Waals surface area (Å²) in [6, 6.07) is -0.538. The van der Waals surface area contributed by atoms with Crippen molar-refractivity contribution in [3.8, 4) is 0 Å². The Kier molecular flexibility index (Phi) is 89.2. The summed E-state index contributed by atoms with van der Waals surface area (Å²) in [6.07, 6.45) is 116. The summed E-state index contributed by atoms with van der Waals surface area (Å²) in [5.41, 5.74) is 0. The van der Waals surface area contributed by atoms with Crippen LogP contribution < -0.4 is 5.32 Å². The highest BCUT2D eigenvalue weighted by Crippen LogP contribution is 2.22. The molecule has 0 aromatic heterocycles. The number of ether oxygens (including phenoxy) is 1. The van der Waals surface area contributed by atoms with Gasteiger partial charge in [-0.05, 0) is 25.7 Å². The third kappa shape index (κ3) is 85.8. The van der Waals surface area contributed by atoms with E-state index in [4.69, 9.17) is 4.74 Å². The Morgan fingerprint density at radius 3 is 0.610 bits per heavy atom. The second-order valence-corrected chi connectivity index (χ2v) is 33.1. The van der Waals surface area contributed by atoms with Gasteiger partial charge in [0.25, 0.3) is 0 Å². The van der Waals surface area contributed by atoms with Gasteiger partial charge in [0, 0.05) is 12.8 Å². The van der Waals surface area contributed by atoms with Gasteiger partial charge in [-0.25, -0.2) is 0 Å². The van der Waals surface area contributed by atoms with Crippen molar-refractivity contribution >= 4 is 11.9 Å². The van der Waals surface area contributed by atoms with Gasteiger partial charge in [0.15, 0.2) is 0 Å². The van der Waals surface area contributed by atoms with Gasteiger partial charge in [0.1, 0.15) is 0 Å². The summed E-state index contributed by atoms with van der Waals surface area (Å²) in [4.78, 5) is 24.8. The lowest BCUT2D eigenvalue weighted by molar-refractivity contribution is -0.143. The van der Waals surface area contributed by atoms with Gasteiger partial charge in [-0.1, -0.05) is 528 Å². The third-order valence-corrected chi connectivity index (χ3v) is 22.9. The largest absolute Gasteiger partial charge is 0.466 e. The minimum absolute atomic E-state index is 0.0213. The molecule has 0 aliphatic rings. The number of nitrogens with one attached hydrogen (secondary N) is 1. The standard InChI is InChI=1S/C94H187NO5/c1-3-5-7-9-11-13-15-17-19-21-23-24-25-41-44-47-51-54-58-62-66-70-74-78-82-86-92(97)91(90-96)95-93(98)87-83-79-75-71-67-63-59-55-52-48-45-42-39-37-35-33-31-29-27-26-28-30-32-34-36-38-40-43-46-49-53-57-61-65-69-73-77-81-85-89-100-94(99)88-84-80-76-72-68-64-60-56-50-22-20-18-16-14-12-10-8-6-4-2/h91-92,96-97H,3-90H2,1-2H3,(H,95,98). The van der Waals surface area contributed by atoms with Crippen molar-refractivity contribution in [3.05, 3.63) is 0 Å². The van der Waals surface area contributed by atoms with Crippen LogP contribution in [-0.4, -0.2) is 47.4 Å². The number of aliphatic hydroxyl groups is 2. The fraction of sp³-hybridized carbons (Fsp3) is 0.979. The van der Waals surface area contributed by atoms with E-state index in [9.17, 15) is 19.8 Å². The zero-order chi connectivity index (χ0) is 71.9. The average molecular weight is 1410 g/mol. The molecule has 0 bridgehead atoms. The van der Waals surface area contributed by atoms with Crippen LogP contribution in [0.15, 0.2) is 0 Å². The normalized spacial score (nSPS) is 12.3. The summed E-state index contributed by atoms with van der Waals surface area (Å²) in [7, 11) is 0. The Balaban J connectivity index is 3.28. The van der Waals surface area contributed by atoms with Crippen molar-refractivity contribution in [1.82, 2.24) is 5.32 Å². The Morgan fingerprint density at radius 1 is 0.240 bits per heavy atom. The molecule has 0 aliphatic heterocycles. The minimum Gasteiger partial charge on any atom is -0.466 e. The maximum atomic E-state index is 12.6. The maximum Gasteiger partial charge on any atom is 0.305 e. The molecule has 6 nitrogen and oxygen atoms in total. The van der Waals surface area contributed by atoms with Crippen molar-refractivity contribution in [1.29, 1.82) is 0 Å². The monoisotopic (exact) mass is 1410 g/mol. The summed E-state index contributed by atoms with van der Waals surface area (Å²) in [5, 5.41) is 23.5. The van der Waals surface area contributed by atoms with Gasteiger partial charge in [-0.2, -0.15) is 0 Å². The molecule has 0 fully saturated rings. The lowest BCUT2D eigenvalue weighted by Gasteiger charge is -2.22. The SMILES string of the molecule is CCCCCCCCCCCCCCCCCCCCCCCCCCCC(O)C(CO)NC(=O)CCCCCCCCCCCCCCCCCCCCCCCCCCCCCCCCCCCCCCCCCOC(=O)CCCCCCCCCCCCCCCCCCCCC. The van der Waals surface area contributed by atoms with Gasteiger partial charge in [0.05, 0.1) is 25.4 Å². The number of esters is 1. The Bertz CT molecular complexity index is 1490. The van der Waals surface area contributed by atoms with Crippen molar-refractivity contribution in [2.24, 2.45) is 0 Å². The van der Waals surface area contributed by atoms with E-state index in [0.29, 0.717) is 25.9 Å². The molecule has 2 unspecified atom stereocenters. The second-order valence-electron chi connectivity index (χ2n) is 33.1. The smallest absolute Gasteiger partial charge is 0.305 e. The zero-order valence-corrected chi connectivity index (χ0v) is 69.0. The molecular formula is C94H187NO5. The van der Waals surface area contributed by atoms with Gasteiger partial charge in [-0.15, -0.1) is 0 Å². The van der Waals surface area contributed by atoms with E-state index in [1.54, 1.807) is 0 Å². The van der Waals surface area contributed by atoms with Crippen LogP contribution >= 0.6 is 0 Å². The minimum atomic E-state index is -0.661. The first-order chi connectivity index (χ1) is 49.5. The van der Waals surface area contributed by atoms with Crippen LogP contribution in [0.25, 0.3) is 0 Å². The number of carbonyl (C=O) groups excluding carboxylic acids is 2. The highest BCUT2D eigenvalue weighted by Gasteiger charge is 2.20. The van der Waals surface area contributed by atoms with Crippen LogP contribution in [-0.2, 0) is 14.3 Å². The molecule has 0 aliphatic carbocycles. The lowest BCUT2D eigenvalue weighted by Crippen LogP contribution is -2.45. The first kappa shape index (κ1) is 98.9. The molecule has 100 heavy (non-hydrogen) atoms. The highest BCUT2D eigenvalue weighted by molar-refractivity contribution is 5.76. The second kappa shape index (κ2) is 90.3. The predicted octanol–water partition coefficient (Wildman–Crippen LogP) is 32.0. The van der Waals surface area contributed by atoms with Gasteiger partial charge in [0.2, 0.25) is 5.91 Å². The highest BCUT2D eigenvalue weighted by atomic mass is 16.5. The fourth-order valence-electron chi connectivity index (χ4n) is 15.8. The molecule has 598 valence electrons. The molecule has 1 amide bonds. The van der Waals surface area contributed by atoms with Gasteiger partial charge in [-0.3, -0.25) is 9.59 Å². The van der Waals surface area contributed by atoms with Crippen LogP contribution in [0.4, 0.5) is 0 Å². The molecule has 0 saturated heterocycles. The maximum absolute atomic E-state index is 12.6. The number of hydrogen-bond donors (Lipinski definition) is 3. The molecule has 0 aromatic rings. The van der Waals surface area contributed by atoms with Crippen LogP contribution in [0.1, 0.15) is 566 Å². The first-order valence-electron chi connectivity index (χ1n) is 47.3. The van der Waals surface area contributed by atoms with Crippen molar-refractivity contribution in [2.75, 3.05) is 13.2 Å². The average Bonchev–Trinajstić information content (AvgIpc) is 1.25. The summed E-state index contributed by atoms with van der Waals surface area (Å²) >= 11 is 0.